The van der Waals surface area contributed by atoms with Crippen molar-refractivity contribution in [3.63, 3.8) is 0 Å². The maximum atomic E-state index is 11.7. The molecule has 5 heteroatoms. The molecule has 0 amide bonds. The van der Waals surface area contributed by atoms with Gasteiger partial charge in [-0.3, -0.25) is 4.79 Å². The molecule has 2 aromatic rings. The van der Waals surface area contributed by atoms with Gasteiger partial charge in [0.05, 0.1) is 22.0 Å². The topological polar surface area (TPSA) is 42.2 Å². The predicted octanol–water partition coefficient (Wildman–Crippen LogP) is 3.36. The van der Waals surface area contributed by atoms with E-state index < -0.39 is 0 Å². The summed E-state index contributed by atoms with van der Waals surface area (Å²) in [5, 5.41) is 3.15. The van der Waals surface area contributed by atoms with Crippen molar-refractivity contribution in [3.05, 3.63) is 45.5 Å². The van der Waals surface area contributed by atoms with Crippen molar-refractivity contribution in [2.75, 3.05) is 6.54 Å². The number of Topliss-reactive ketones (excluding diaryl/α,β-unsaturated/α-hetero) is 1. The fourth-order valence-corrected chi connectivity index (χ4v) is 2.42. The third-order valence-corrected chi connectivity index (χ3v) is 3.53. The molecule has 0 atom stereocenters. The van der Waals surface area contributed by atoms with Crippen LogP contribution in [0.3, 0.4) is 0 Å². The van der Waals surface area contributed by atoms with Gasteiger partial charge >= 0.3 is 0 Å². The van der Waals surface area contributed by atoms with Crippen LogP contribution in [0.5, 0.6) is 0 Å². The zero-order valence-electron chi connectivity index (χ0n) is 9.11. The van der Waals surface area contributed by atoms with E-state index in [1.165, 1.54) is 11.3 Å². The number of furan rings is 1. The molecule has 0 aliphatic carbocycles. The number of ketones is 1. The van der Waals surface area contributed by atoms with Gasteiger partial charge in [-0.25, -0.2) is 0 Å². The summed E-state index contributed by atoms with van der Waals surface area (Å²) < 4.78 is 5.82. The van der Waals surface area contributed by atoms with E-state index in [1.54, 1.807) is 18.4 Å². The molecule has 0 saturated heterocycles. The highest BCUT2D eigenvalue weighted by molar-refractivity contribution is 7.18. The molecule has 2 aromatic heterocycles. The Kier molecular flexibility index (Phi) is 4.36. The molecule has 0 saturated carbocycles. The van der Waals surface area contributed by atoms with E-state index in [2.05, 4.69) is 5.32 Å². The van der Waals surface area contributed by atoms with Gasteiger partial charge < -0.3 is 9.73 Å². The van der Waals surface area contributed by atoms with E-state index in [1.807, 2.05) is 12.1 Å². The third kappa shape index (κ3) is 3.70. The summed E-state index contributed by atoms with van der Waals surface area (Å²) in [6.45, 7) is 1.28. The minimum absolute atomic E-state index is 0.119. The molecular formula is C12H12ClNO2S. The molecule has 0 aromatic carbocycles. The molecule has 3 nitrogen and oxygen atoms in total. The van der Waals surface area contributed by atoms with Crippen LogP contribution >= 0.6 is 22.9 Å². The van der Waals surface area contributed by atoms with Gasteiger partial charge in [0.25, 0.3) is 0 Å². The Morgan fingerprint density at radius 3 is 2.94 bits per heavy atom. The lowest BCUT2D eigenvalue weighted by Gasteiger charge is -2.00. The van der Waals surface area contributed by atoms with Crippen molar-refractivity contribution < 1.29 is 9.21 Å². The van der Waals surface area contributed by atoms with Gasteiger partial charge in [0.2, 0.25) is 0 Å². The Bertz CT molecular complexity index is 478. The number of halogens is 1. The number of hydrogen-bond donors (Lipinski definition) is 1. The number of rotatable bonds is 6. The normalized spacial score (nSPS) is 10.6. The molecule has 2 heterocycles. The minimum Gasteiger partial charge on any atom is -0.468 e. The number of carbonyl (C=O) groups excluding carboxylic acids is 1. The molecule has 0 fully saturated rings. The smallest absolute Gasteiger partial charge is 0.174 e. The SMILES string of the molecule is O=C(CCNCc1ccco1)c1ccc(Cl)s1. The van der Waals surface area contributed by atoms with Crippen molar-refractivity contribution >= 4 is 28.7 Å². The van der Waals surface area contributed by atoms with E-state index in [-0.39, 0.29) is 5.78 Å². The Hall–Kier alpha value is -1.10. The fraction of sp³-hybridized carbons (Fsp3) is 0.250. The lowest BCUT2D eigenvalue weighted by atomic mass is 10.2. The average Bonchev–Trinajstić information content (AvgIpc) is 2.95. The summed E-state index contributed by atoms with van der Waals surface area (Å²) in [5.41, 5.74) is 0. The second-order valence-electron chi connectivity index (χ2n) is 3.53. The Morgan fingerprint density at radius 2 is 2.29 bits per heavy atom. The number of carbonyl (C=O) groups is 1. The van der Waals surface area contributed by atoms with Gasteiger partial charge in [-0.1, -0.05) is 11.6 Å². The van der Waals surface area contributed by atoms with E-state index in [0.29, 0.717) is 23.8 Å². The van der Waals surface area contributed by atoms with Crippen molar-refractivity contribution in [1.29, 1.82) is 0 Å². The van der Waals surface area contributed by atoms with Crippen LogP contribution < -0.4 is 5.32 Å². The first kappa shape index (κ1) is 12.4. The van der Waals surface area contributed by atoms with E-state index in [9.17, 15) is 4.79 Å². The summed E-state index contributed by atoms with van der Waals surface area (Å²) in [7, 11) is 0. The van der Waals surface area contributed by atoms with Crippen molar-refractivity contribution in [2.45, 2.75) is 13.0 Å². The zero-order valence-corrected chi connectivity index (χ0v) is 10.7. The third-order valence-electron chi connectivity index (χ3n) is 2.26. The van der Waals surface area contributed by atoms with Gasteiger partial charge in [0.15, 0.2) is 5.78 Å². The Balaban J connectivity index is 1.70. The van der Waals surface area contributed by atoms with Crippen molar-refractivity contribution in [2.24, 2.45) is 0 Å². The van der Waals surface area contributed by atoms with Crippen LogP contribution in [0.2, 0.25) is 4.34 Å². The standard InChI is InChI=1S/C12H12ClNO2S/c13-12-4-3-11(17-12)10(15)5-6-14-8-9-2-1-7-16-9/h1-4,7,14H,5-6,8H2. The van der Waals surface area contributed by atoms with E-state index in [0.717, 1.165) is 10.6 Å². The van der Waals surface area contributed by atoms with Crippen LogP contribution in [0, 0.1) is 0 Å². The van der Waals surface area contributed by atoms with Crippen LogP contribution in [-0.2, 0) is 6.54 Å². The minimum atomic E-state index is 0.119. The van der Waals surface area contributed by atoms with Crippen LogP contribution in [-0.4, -0.2) is 12.3 Å². The molecule has 0 aliphatic heterocycles. The number of nitrogens with one attached hydrogen (secondary N) is 1. The van der Waals surface area contributed by atoms with E-state index >= 15 is 0 Å². The van der Waals surface area contributed by atoms with Crippen molar-refractivity contribution in [3.8, 4) is 0 Å². The van der Waals surface area contributed by atoms with Gasteiger partial charge in [0.1, 0.15) is 5.76 Å². The fourth-order valence-electron chi connectivity index (χ4n) is 1.41. The molecule has 1 N–H and O–H groups in total. The average molecular weight is 270 g/mol. The highest BCUT2D eigenvalue weighted by Crippen LogP contribution is 2.22. The first-order valence-corrected chi connectivity index (χ1v) is 6.47. The summed E-state index contributed by atoms with van der Waals surface area (Å²) in [5.74, 6) is 0.991. The first-order chi connectivity index (χ1) is 8.25. The van der Waals surface area contributed by atoms with Gasteiger partial charge in [-0.2, -0.15) is 0 Å². The monoisotopic (exact) mass is 269 g/mol. The van der Waals surface area contributed by atoms with Crippen molar-refractivity contribution in [1.82, 2.24) is 5.32 Å². The highest BCUT2D eigenvalue weighted by atomic mass is 35.5. The number of thiophene rings is 1. The Labute approximate surface area is 108 Å². The molecule has 17 heavy (non-hydrogen) atoms. The summed E-state index contributed by atoms with van der Waals surface area (Å²) >= 11 is 7.09. The molecule has 0 unspecified atom stereocenters. The summed E-state index contributed by atoms with van der Waals surface area (Å²) in [6.07, 6.45) is 2.10. The molecular weight excluding hydrogens is 258 g/mol. The van der Waals surface area contributed by atoms with Crippen LogP contribution in [0.25, 0.3) is 0 Å². The lowest BCUT2D eigenvalue weighted by molar-refractivity contribution is 0.0986. The largest absolute Gasteiger partial charge is 0.468 e. The molecule has 0 spiro atoms. The first-order valence-electron chi connectivity index (χ1n) is 5.27. The lowest BCUT2D eigenvalue weighted by Crippen LogP contribution is -2.17. The van der Waals surface area contributed by atoms with E-state index in [4.69, 9.17) is 16.0 Å². The predicted molar refractivity (Wildman–Crippen MR) is 68.7 cm³/mol. The maximum absolute atomic E-state index is 11.7. The van der Waals surface area contributed by atoms with Crippen LogP contribution in [0.4, 0.5) is 0 Å². The molecule has 0 radical (unpaired) electrons. The van der Waals surface area contributed by atoms with Crippen LogP contribution in [0.1, 0.15) is 21.9 Å². The quantitative estimate of drug-likeness (QED) is 0.646. The molecule has 2 rings (SSSR count). The summed E-state index contributed by atoms with van der Waals surface area (Å²) in [4.78, 5) is 12.4. The Morgan fingerprint density at radius 1 is 1.41 bits per heavy atom. The van der Waals surface area contributed by atoms with Gasteiger partial charge in [0, 0.05) is 13.0 Å². The summed E-state index contributed by atoms with van der Waals surface area (Å²) in [6, 6.07) is 7.25. The molecule has 0 bridgehead atoms. The zero-order chi connectivity index (χ0) is 12.1. The van der Waals surface area contributed by atoms with Gasteiger partial charge in [-0.05, 0) is 24.3 Å². The highest BCUT2D eigenvalue weighted by Gasteiger charge is 2.08. The molecule has 0 aliphatic rings. The molecule has 90 valence electrons. The van der Waals surface area contributed by atoms with Crippen LogP contribution in [0.15, 0.2) is 34.9 Å². The van der Waals surface area contributed by atoms with Gasteiger partial charge in [-0.15, -0.1) is 11.3 Å². The second-order valence-corrected chi connectivity index (χ2v) is 5.25. The number of hydrogen-bond acceptors (Lipinski definition) is 4. The second kappa shape index (κ2) is 6.00. The maximum Gasteiger partial charge on any atom is 0.174 e.